The van der Waals surface area contributed by atoms with Crippen molar-refractivity contribution in [2.24, 2.45) is 0 Å². The summed E-state index contributed by atoms with van der Waals surface area (Å²) in [4.78, 5) is 22.6. The minimum atomic E-state index is -3.77. The average molecular weight is 437 g/mol. The van der Waals surface area contributed by atoms with Crippen LogP contribution in [0.5, 0.6) is 5.75 Å². The van der Waals surface area contributed by atoms with Gasteiger partial charge >= 0.3 is 5.97 Å². The number of esters is 1. The molecule has 0 aliphatic carbocycles. The summed E-state index contributed by atoms with van der Waals surface area (Å²) < 4.78 is 36.9. The Bertz CT molecular complexity index is 721. The first-order valence-electron chi connectivity index (χ1n) is 7.44. The van der Waals surface area contributed by atoms with Gasteiger partial charge in [0.15, 0.2) is 6.61 Å². The van der Waals surface area contributed by atoms with E-state index < -0.39 is 16.0 Å². The fourth-order valence-corrected chi connectivity index (χ4v) is 3.44. The molecule has 0 saturated carbocycles. The van der Waals surface area contributed by atoms with Crippen molar-refractivity contribution in [1.29, 1.82) is 0 Å². The summed E-state index contributed by atoms with van der Waals surface area (Å²) in [5.41, 5.74) is 0. The van der Waals surface area contributed by atoms with Crippen LogP contribution in [0.4, 0.5) is 0 Å². The van der Waals surface area contributed by atoms with Crippen molar-refractivity contribution < 1.29 is 27.5 Å². The molecule has 0 bridgehead atoms. The Morgan fingerprint density at radius 3 is 2.52 bits per heavy atom. The van der Waals surface area contributed by atoms with E-state index in [2.05, 4.69) is 30.7 Å². The van der Waals surface area contributed by atoms with E-state index in [4.69, 9.17) is 4.74 Å². The van der Waals surface area contributed by atoms with Crippen molar-refractivity contribution in [3.05, 3.63) is 22.7 Å². The van der Waals surface area contributed by atoms with Crippen LogP contribution < -0.4 is 14.8 Å². The lowest BCUT2D eigenvalue weighted by Gasteiger charge is -2.11. The standard InChI is InChI=1S/C15H21BrN2O6S/c1-10(2)18-14(19)6-7-17-25(21,22)11-4-5-13(12(16)8-11)24-9-15(20)23-3/h4-5,8,10,17H,6-7,9H2,1-3H3,(H,18,19). The highest BCUT2D eigenvalue weighted by molar-refractivity contribution is 9.10. The average Bonchev–Trinajstić information content (AvgIpc) is 2.52. The summed E-state index contributed by atoms with van der Waals surface area (Å²) in [6, 6.07) is 4.11. The Kier molecular flexibility index (Phi) is 8.33. The maximum atomic E-state index is 12.2. The van der Waals surface area contributed by atoms with Crippen molar-refractivity contribution in [3.8, 4) is 5.75 Å². The molecule has 1 aromatic rings. The van der Waals surface area contributed by atoms with E-state index in [1.807, 2.05) is 13.8 Å². The summed E-state index contributed by atoms with van der Waals surface area (Å²) in [7, 11) is -2.53. The van der Waals surface area contributed by atoms with Gasteiger partial charge in [0, 0.05) is 19.0 Å². The van der Waals surface area contributed by atoms with E-state index >= 15 is 0 Å². The van der Waals surface area contributed by atoms with E-state index in [1.54, 1.807) is 0 Å². The van der Waals surface area contributed by atoms with Crippen LogP contribution >= 0.6 is 15.9 Å². The summed E-state index contributed by atoms with van der Waals surface area (Å²) in [5.74, 6) is -0.476. The minimum Gasteiger partial charge on any atom is -0.481 e. The van der Waals surface area contributed by atoms with Gasteiger partial charge in [0.2, 0.25) is 15.9 Å². The molecule has 1 rings (SSSR count). The summed E-state index contributed by atoms with van der Waals surface area (Å²) >= 11 is 3.20. The van der Waals surface area contributed by atoms with Gasteiger partial charge in [-0.15, -0.1) is 0 Å². The number of methoxy groups -OCH3 is 1. The predicted molar refractivity (Wildman–Crippen MR) is 94.7 cm³/mol. The van der Waals surface area contributed by atoms with Gasteiger partial charge in [0.05, 0.1) is 16.5 Å². The maximum Gasteiger partial charge on any atom is 0.343 e. The molecule has 1 aromatic carbocycles. The second-order valence-corrected chi connectivity index (χ2v) is 7.95. The van der Waals surface area contributed by atoms with E-state index in [0.29, 0.717) is 10.2 Å². The minimum absolute atomic E-state index is 0.00223. The Balaban J connectivity index is 2.68. The Morgan fingerprint density at radius 2 is 1.96 bits per heavy atom. The quantitative estimate of drug-likeness (QED) is 0.562. The molecule has 8 nitrogen and oxygen atoms in total. The van der Waals surface area contributed by atoms with Crippen LogP contribution in [0.15, 0.2) is 27.6 Å². The first-order chi connectivity index (χ1) is 11.7. The monoisotopic (exact) mass is 436 g/mol. The van der Waals surface area contributed by atoms with Gasteiger partial charge in [-0.1, -0.05) is 0 Å². The van der Waals surface area contributed by atoms with Crippen molar-refractivity contribution >= 4 is 37.8 Å². The normalized spacial score (nSPS) is 11.2. The SMILES string of the molecule is COC(=O)COc1ccc(S(=O)(=O)NCCC(=O)NC(C)C)cc1Br. The number of benzene rings is 1. The third kappa shape index (κ3) is 7.41. The molecule has 0 atom stereocenters. The van der Waals surface area contributed by atoms with E-state index in [-0.39, 0.29) is 36.4 Å². The number of carbonyl (C=O) groups excluding carboxylic acids is 2. The number of halogens is 1. The fourth-order valence-electron chi connectivity index (χ4n) is 1.74. The van der Waals surface area contributed by atoms with Crippen LogP contribution in [0.3, 0.4) is 0 Å². The highest BCUT2D eigenvalue weighted by atomic mass is 79.9. The zero-order chi connectivity index (χ0) is 19.0. The molecule has 0 spiro atoms. The number of rotatable bonds is 9. The molecule has 0 unspecified atom stereocenters. The van der Waals surface area contributed by atoms with Crippen LogP contribution in [-0.4, -0.2) is 46.6 Å². The molecule has 10 heteroatoms. The molecule has 0 aromatic heterocycles. The van der Waals surface area contributed by atoms with E-state index in [0.717, 1.165) is 0 Å². The summed E-state index contributed by atoms with van der Waals surface area (Å²) in [6.07, 6.45) is 0.0406. The second kappa shape index (κ2) is 9.73. The Labute approximate surface area is 155 Å². The van der Waals surface area contributed by atoms with Gasteiger partial charge < -0.3 is 14.8 Å². The third-order valence-corrected chi connectivity index (χ3v) is 4.96. The van der Waals surface area contributed by atoms with Crippen LogP contribution in [0.1, 0.15) is 20.3 Å². The number of ether oxygens (including phenoxy) is 2. The molecule has 0 aliphatic rings. The molecule has 140 valence electrons. The highest BCUT2D eigenvalue weighted by Gasteiger charge is 2.17. The highest BCUT2D eigenvalue weighted by Crippen LogP contribution is 2.27. The Hall–Kier alpha value is -1.65. The number of amides is 1. The zero-order valence-electron chi connectivity index (χ0n) is 14.2. The van der Waals surface area contributed by atoms with Crippen molar-refractivity contribution in [2.75, 3.05) is 20.3 Å². The molecule has 1 amide bonds. The van der Waals surface area contributed by atoms with Crippen LogP contribution in [0.25, 0.3) is 0 Å². The molecule has 2 N–H and O–H groups in total. The van der Waals surface area contributed by atoms with Gasteiger partial charge in [0.25, 0.3) is 0 Å². The molecule has 25 heavy (non-hydrogen) atoms. The molecule has 0 saturated heterocycles. The lowest BCUT2D eigenvalue weighted by Crippen LogP contribution is -2.34. The van der Waals surface area contributed by atoms with Gasteiger partial charge in [0.1, 0.15) is 5.75 Å². The number of carbonyl (C=O) groups is 2. The van der Waals surface area contributed by atoms with Crippen molar-refractivity contribution in [3.63, 3.8) is 0 Å². The smallest absolute Gasteiger partial charge is 0.343 e. The molecular weight excluding hydrogens is 416 g/mol. The van der Waals surface area contributed by atoms with E-state index in [9.17, 15) is 18.0 Å². The lowest BCUT2D eigenvalue weighted by atomic mass is 10.3. The van der Waals surface area contributed by atoms with Crippen LogP contribution in [0, 0.1) is 0 Å². The first-order valence-corrected chi connectivity index (χ1v) is 9.71. The summed E-state index contributed by atoms with van der Waals surface area (Å²) in [6.45, 7) is 3.34. The largest absolute Gasteiger partial charge is 0.481 e. The Morgan fingerprint density at radius 1 is 1.28 bits per heavy atom. The van der Waals surface area contributed by atoms with Crippen LogP contribution in [-0.2, 0) is 24.3 Å². The topological polar surface area (TPSA) is 111 Å². The number of hydrogen-bond acceptors (Lipinski definition) is 6. The molecule has 0 aliphatic heterocycles. The van der Waals surface area contributed by atoms with Gasteiger partial charge in [-0.2, -0.15) is 0 Å². The van der Waals surface area contributed by atoms with Crippen LogP contribution in [0.2, 0.25) is 0 Å². The third-order valence-electron chi connectivity index (χ3n) is 2.88. The lowest BCUT2D eigenvalue weighted by molar-refractivity contribution is -0.142. The van der Waals surface area contributed by atoms with Gasteiger partial charge in [-0.3, -0.25) is 4.79 Å². The summed E-state index contributed by atoms with van der Waals surface area (Å²) in [5, 5.41) is 2.68. The van der Waals surface area contributed by atoms with E-state index in [1.165, 1.54) is 25.3 Å². The molecular formula is C15H21BrN2O6S. The zero-order valence-corrected chi connectivity index (χ0v) is 16.6. The number of nitrogens with one attached hydrogen (secondary N) is 2. The maximum absolute atomic E-state index is 12.2. The predicted octanol–water partition coefficient (Wildman–Crippen LogP) is 1.19. The second-order valence-electron chi connectivity index (χ2n) is 5.33. The molecule has 0 fully saturated rings. The van der Waals surface area contributed by atoms with Gasteiger partial charge in [-0.25, -0.2) is 17.9 Å². The molecule has 0 radical (unpaired) electrons. The first kappa shape index (κ1) is 21.4. The van der Waals surface area contributed by atoms with Crippen molar-refractivity contribution in [2.45, 2.75) is 31.2 Å². The van der Waals surface area contributed by atoms with Gasteiger partial charge in [-0.05, 0) is 48.0 Å². The van der Waals surface area contributed by atoms with Crippen molar-refractivity contribution in [1.82, 2.24) is 10.0 Å². The fraction of sp³-hybridized carbons (Fsp3) is 0.467. The number of sulfonamides is 1. The molecule has 0 heterocycles. The number of hydrogen-bond donors (Lipinski definition) is 2.